The Hall–Kier alpha value is -3.41. The Kier molecular flexibility index (Phi) is 4.84. The van der Waals surface area contributed by atoms with Crippen LogP contribution in [0.2, 0.25) is 0 Å². The van der Waals surface area contributed by atoms with E-state index in [2.05, 4.69) is 4.98 Å². The topological polar surface area (TPSA) is 85.5 Å². The number of hydrogen-bond donors (Lipinski definition) is 1. The molecule has 0 bridgehead atoms. The van der Waals surface area contributed by atoms with Crippen LogP contribution >= 0.6 is 0 Å². The van der Waals surface area contributed by atoms with Crippen LogP contribution in [0.4, 0.5) is 0 Å². The summed E-state index contributed by atoms with van der Waals surface area (Å²) in [6, 6.07) is 16.2. The SMILES string of the molecule is COc1nc(C(=O)N(C)Cc2cccc(C(N)=O)c2)cc2ccccc12. The Bertz CT molecular complexity index is 985. The Morgan fingerprint density at radius 1 is 1.12 bits per heavy atom. The first-order chi connectivity index (χ1) is 12.5. The highest BCUT2D eigenvalue weighted by molar-refractivity contribution is 5.98. The van der Waals surface area contributed by atoms with Gasteiger partial charge in [0.25, 0.3) is 5.91 Å². The number of aromatic nitrogens is 1. The van der Waals surface area contributed by atoms with E-state index in [1.165, 1.54) is 12.0 Å². The third-order valence-corrected chi connectivity index (χ3v) is 4.10. The summed E-state index contributed by atoms with van der Waals surface area (Å²) in [6.45, 7) is 0.330. The molecule has 1 aromatic heterocycles. The fraction of sp³-hybridized carbons (Fsp3) is 0.150. The maximum Gasteiger partial charge on any atom is 0.272 e. The molecular weight excluding hydrogens is 330 g/mol. The van der Waals surface area contributed by atoms with E-state index in [1.54, 1.807) is 31.3 Å². The molecular formula is C20H19N3O3. The van der Waals surface area contributed by atoms with Gasteiger partial charge in [-0.1, -0.05) is 30.3 Å². The van der Waals surface area contributed by atoms with Gasteiger partial charge in [0, 0.05) is 24.5 Å². The van der Waals surface area contributed by atoms with Gasteiger partial charge in [-0.3, -0.25) is 9.59 Å². The summed E-state index contributed by atoms with van der Waals surface area (Å²) >= 11 is 0. The smallest absolute Gasteiger partial charge is 0.272 e. The van der Waals surface area contributed by atoms with Gasteiger partial charge in [-0.15, -0.1) is 0 Å². The third kappa shape index (κ3) is 3.49. The monoisotopic (exact) mass is 349 g/mol. The van der Waals surface area contributed by atoms with Gasteiger partial charge < -0.3 is 15.4 Å². The van der Waals surface area contributed by atoms with Crippen LogP contribution < -0.4 is 10.5 Å². The zero-order chi connectivity index (χ0) is 18.7. The number of nitrogens with zero attached hydrogens (tertiary/aromatic N) is 2. The maximum absolute atomic E-state index is 12.8. The molecule has 0 spiro atoms. The average molecular weight is 349 g/mol. The molecule has 3 aromatic rings. The molecule has 0 saturated carbocycles. The van der Waals surface area contributed by atoms with Gasteiger partial charge in [0.15, 0.2) is 0 Å². The van der Waals surface area contributed by atoms with Gasteiger partial charge in [0.2, 0.25) is 11.8 Å². The summed E-state index contributed by atoms with van der Waals surface area (Å²) < 4.78 is 5.33. The normalized spacial score (nSPS) is 10.5. The van der Waals surface area contributed by atoms with Gasteiger partial charge in [-0.05, 0) is 35.2 Å². The molecule has 2 N–H and O–H groups in total. The van der Waals surface area contributed by atoms with Crippen molar-refractivity contribution in [2.75, 3.05) is 14.2 Å². The minimum absolute atomic E-state index is 0.237. The molecule has 0 fully saturated rings. The highest BCUT2D eigenvalue weighted by Gasteiger charge is 2.17. The number of ether oxygens (including phenoxy) is 1. The van der Waals surface area contributed by atoms with E-state index in [0.29, 0.717) is 23.7 Å². The van der Waals surface area contributed by atoms with Crippen LogP contribution in [0.25, 0.3) is 10.8 Å². The number of fused-ring (bicyclic) bond motifs is 1. The molecule has 132 valence electrons. The van der Waals surface area contributed by atoms with Crippen molar-refractivity contribution >= 4 is 22.6 Å². The van der Waals surface area contributed by atoms with Crippen molar-refractivity contribution in [2.45, 2.75) is 6.54 Å². The van der Waals surface area contributed by atoms with Crippen LogP contribution in [0.15, 0.2) is 54.6 Å². The largest absolute Gasteiger partial charge is 0.481 e. The first-order valence-corrected chi connectivity index (χ1v) is 8.07. The molecule has 0 saturated heterocycles. The zero-order valence-corrected chi connectivity index (χ0v) is 14.6. The van der Waals surface area contributed by atoms with Crippen LogP contribution in [0, 0.1) is 0 Å². The zero-order valence-electron chi connectivity index (χ0n) is 14.6. The summed E-state index contributed by atoms with van der Waals surface area (Å²) in [6.07, 6.45) is 0. The van der Waals surface area contributed by atoms with Gasteiger partial charge in [0.05, 0.1) is 7.11 Å². The molecule has 0 aliphatic heterocycles. The van der Waals surface area contributed by atoms with E-state index >= 15 is 0 Å². The van der Waals surface area contributed by atoms with Crippen LogP contribution in [-0.4, -0.2) is 35.9 Å². The van der Waals surface area contributed by atoms with Crippen LogP contribution in [0.1, 0.15) is 26.4 Å². The lowest BCUT2D eigenvalue weighted by atomic mass is 10.1. The maximum atomic E-state index is 12.8. The summed E-state index contributed by atoms with van der Waals surface area (Å²) in [5.74, 6) is -0.323. The summed E-state index contributed by atoms with van der Waals surface area (Å²) in [7, 11) is 3.21. The third-order valence-electron chi connectivity index (χ3n) is 4.10. The van der Waals surface area contributed by atoms with Crippen molar-refractivity contribution in [3.05, 3.63) is 71.4 Å². The Morgan fingerprint density at radius 3 is 2.62 bits per heavy atom. The molecule has 26 heavy (non-hydrogen) atoms. The van der Waals surface area contributed by atoms with Crippen LogP contribution in [-0.2, 0) is 6.54 Å². The van der Waals surface area contributed by atoms with E-state index in [-0.39, 0.29) is 5.91 Å². The van der Waals surface area contributed by atoms with Crippen molar-refractivity contribution in [3.63, 3.8) is 0 Å². The molecule has 3 rings (SSSR count). The summed E-state index contributed by atoms with van der Waals surface area (Å²) in [5, 5.41) is 1.73. The number of carbonyl (C=O) groups excluding carboxylic acids is 2. The lowest BCUT2D eigenvalue weighted by molar-refractivity contribution is 0.0778. The van der Waals surface area contributed by atoms with E-state index in [4.69, 9.17) is 10.5 Å². The molecule has 6 heteroatoms. The second-order valence-corrected chi connectivity index (χ2v) is 5.96. The number of methoxy groups -OCH3 is 1. The summed E-state index contributed by atoms with van der Waals surface area (Å²) in [5.41, 5.74) is 6.83. The van der Waals surface area contributed by atoms with E-state index < -0.39 is 5.91 Å². The lowest BCUT2D eigenvalue weighted by Gasteiger charge is -2.18. The second kappa shape index (κ2) is 7.23. The van der Waals surface area contributed by atoms with Crippen molar-refractivity contribution in [2.24, 2.45) is 5.73 Å². The van der Waals surface area contributed by atoms with Gasteiger partial charge in [-0.2, -0.15) is 0 Å². The fourth-order valence-corrected chi connectivity index (χ4v) is 2.80. The molecule has 0 aliphatic carbocycles. The number of nitrogens with two attached hydrogens (primary N) is 1. The Balaban J connectivity index is 1.88. The molecule has 0 aliphatic rings. The van der Waals surface area contributed by atoms with E-state index in [1.807, 2.05) is 30.3 Å². The number of pyridine rings is 1. The highest BCUT2D eigenvalue weighted by atomic mass is 16.5. The average Bonchev–Trinajstić information content (AvgIpc) is 2.66. The van der Waals surface area contributed by atoms with E-state index in [0.717, 1.165) is 16.3 Å². The predicted octanol–water partition coefficient (Wildman–Crippen LogP) is 2.61. The molecule has 1 heterocycles. The van der Waals surface area contributed by atoms with Crippen molar-refractivity contribution in [1.82, 2.24) is 9.88 Å². The summed E-state index contributed by atoms with van der Waals surface area (Å²) in [4.78, 5) is 30.0. The predicted molar refractivity (Wildman–Crippen MR) is 99.1 cm³/mol. The van der Waals surface area contributed by atoms with Crippen LogP contribution in [0.5, 0.6) is 5.88 Å². The molecule has 2 aromatic carbocycles. The quantitative estimate of drug-likeness (QED) is 0.767. The second-order valence-electron chi connectivity index (χ2n) is 5.96. The van der Waals surface area contributed by atoms with Gasteiger partial charge in [-0.25, -0.2) is 4.98 Å². The van der Waals surface area contributed by atoms with Gasteiger partial charge in [0.1, 0.15) is 5.69 Å². The van der Waals surface area contributed by atoms with Gasteiger partial charge >= 0.3 is 0 Å². The first kappa shape index (κ1) is 17.4. The molecule has 2 amide bonds. The number of carbonyl (C=O) groups is 2. The van der Waals surface area contributed by atoms with Crippen molar-refractivity contribution in [3.8, 4) is 5.88 Å². The molecule has 0 unspecified atom stereocenters. The Morgan fingerprint density at radius 2 is 1.88 bits per heavy atom. The number of benzene rings is 2. The van der Waals surface area contributed by atoms with E-state index in [9.17, 15) is 9.59 Å². The van der Waals surface area contributed by atoms with Crippen molar-refractivity contribution < 1.29 is 14.3 Å². The molecule has 0 radical (unpaired) electrons. The minimum atomic E-state index is -0.498. The number of rotatable bonds is 5. The first-order valence-electron chi connectivity index (χ1n) is 8.07. The fourth-order valence-electron chi connectivity index (χ4n) is 2.80. The van der Waals surface area contributed by atoms with Crippen LogP contribution in [0.3, 0.4) is 0 Å². The standard InChI is InChI=1S/C20H19N3O3/c1-23(12-13-6-5-8-15(10-13)18(21)24)20(25)17-11-14-7-3-4-9-16(14)19(22-17)26-2/h3-11H,12H2,1-2H3,(H2,21,24). The Labute approximate surface area is 151 Å². The highest BCUT2D eigenvalue weighted by Crippen LogP contribution is 2.24. The number of amides is 2. The number of primary amides is 1. The molecule has 6 nitrogen and oxygen atoms in total. The number of hydrogen-bond acceptors (Lipinski definition) is 4. The molecule has 0 atom stereocenters. The minimum Gasteiger partial charge on any atom is -0.481 e. The van der Waals surface area contributed by atoms with Crippen molar-refractivity contribution in [1.29, 1.82) is 0 Å². The lowest BCUT2D eigenvalue weighted by Crippen LogP contribution is -2.27.